The zero-order valence-corrected chi connectivity index (χ0v) is 13.2. The zero-order chi connectivity index (χ0) is 15.5. The summed E-state index contributed by atoms with van der Waals surface area (Å²) in [4.78, 5) is 25.8. The fourth-order valence-corrected chi connectivity index (χ4v) is 2.57. The van der Waals surface area contributed by atoms with Crippen molar-refractivity contribution in [3.63, 3.8) is 0 Å². The molecule has 0 aliphatic carbocycles. The molecule has 2 amide bonds. The van der Waals surface area contributed by atoms with Crippen LogP contribution in [0.3, 0.4) is 0 Å². The van der Waals surface area contributed by atoms with Gasteiger partial charge in [-0.25, -0.2) is 4.79 Å². The summed E-state index contributed by atoms with van der Waals surface area (Å²) in [7, 11) is 0. The number of carbonyl (C=O) groups excluding carboxylic acids is 2. The van der Waals surface area contributed by atoms with E-state index in [-0.39, 0.29) is 11.9 Å². The lowest BCUT2D eigenvalue weighted by atomic mass is 10.0. The van der Waals surface area contributed by atoms with Crippen LogP contribution in [0.25, 0.3) is 0 Å². The monoisotopic (exact) mass is 298 g/mol. The van der Waals surface area contributed by atoms with Gasteiger partial charge < -0.3 is 19.7 Å². The van der Waals surface area contributed by atoms with Crippen molar-refractivity contribution >= 4 is 12.0 Å². The highest BCUT2D eigenvalue weighted by Crippen LogP contribution is 2.18. The Morgan fingerprint density at radius 3 is 2.62 bits per heavy atom. The van der Waals surface area contributed by atoms with E-state index in [9.17, 15) is 9.59 Å². The molecule has 0 radical (unpaired) electrons. The van der Waals surface area contributed by atoms with Crippen molar-refractivity contribution < 1.29 is 19.1 Å². The Hall–Kier alpha value is -1.30. The Morgan fingerprint density at radius 1 is 1.33 bits per heavy atom. The largest absolute Gasteiger partial charge is 0.444 e. The van der Waals surface area contributed by atoms with E-state index in [1.54, 1.807) is 0 Å². The second kappa shape index (κ2) is 6.64. The molecule has 0 aromatic rings. The minimum atomic E-state index is -0.502. The first kappa shape index (κ1) is 16.1. The molecule has 21 heavy (non-hydrogen) atoms. The third kappa shape index (κ3) is 5.19. The number of rotatable bonds is 3. The lowest BCUT2D eigenvalue weighted by molar-refractivity contribution is -0.138. The third-order valence-corrected chi connectivity index (χ3v) is 3.67. The minimum absolute atomic E-state index is 0.0183. The molecule has 0 spiro atoms. The lowest BCUT2D eigenvalue weighted by Gasteiger charge is -2.35. The molecule has 6 heteroatoms. The molecule has 0 aromatic carbocycles. The Labute approximate surface area is 126 Å². The van der Waals surface area contributed by atoms with E-state index in [0.717, 1.165) is 19.4 Å². The number of ether oxygens (including phenoxy) is 2. The van der Waals surface area contributed by atoms with Gasteiger partial charge in [0, 0.05) is 31.5 Å². The molecule has 2 aliphatic rings. The number of hydrogen-bond donors (Lipinski definition) is 1. The van der Waals surface area contributed by atoms with Gasteiger partial charge in [-0.05, 0) is 33.6 Å². The summed E-state index contributed by atoms with van der Waals surface area (Å²) in [6.45, 7) is 8.25. The summed E-state index contributed by atoms with van der Waals surface area (Å²) in [5, 5.41) is 2.86. The highest BCUT2D eigenvalue weighted by molar-refractivity contribution is 5.77. The molecule has 2 saturated heterocycles. The summed E-state index contributed by atoms with van der Waals surface area (Å²) in [5.74, 6) is 0.538. The zero-order valence-electron chi connectivity index (χ0n) is 13.2. The average molecular weight is 298 g/mol. The molecule has 2 rings (SSSR count). The van der Waals surface area contributed by atoms with Gasteiger partial charge in [-0.15, -0.1) is 0 Å². The van der Waals surface area contributed by atoms with Crippen molar-refractivity contribution in [2.45, 2.75) is 51.7 Å². The molecule has 2 heterocycles. The fraction of sp³-hybridized carbons (Fsp3) is 0.867. The Bertz CT molecular complexity index is 388. The first-order valence-corrected chi connectivity index (χ1v) is 7.68. The number of nitrogens with zero attached hydrogens (tertiary/aromatic N) is 1. The van der Waals surface area contributed by atoms with Gasteiger partial charge in [0.1, 0.15) is 5.60 Å². The molecule has 2 aliphatic heterocycles. The number of hydrogen-bond acceptors (Lipinski definition) is 4. The molecule has 2 fully saturated rings. The van der Waals surface area contributed by atoms with Gasteiger partial charge in [-0.3, -0.25) is 4.79 Å². The van der Waals surface area contributed by atoms with Crippen molar-refractivity contribution in [2.75, 3.05) is 26.3 Å². The van der Waals surface area contributed by atoms with Crippen LogP contribution in [0.4, 0.5) is 4.79 Å². The van der Waals surface area contributed by atoms with Crippen LogP contribution in [-0.4, -0.2) is 54.8 Å². The van der Waals surface area contributed by atoms with Crippen molar-refractivity contribution in [1.29, 1.82) is 0 Å². The molecule has 120 valence electrons. The quantitative estimate of drug-likeness (QED) is 0.858. The number of carbonyl (C=O) groups is 2. The molecule has 0 bridgehead atoms. The third-order valence-electron chi connectivity index (χ3n) is 3.67. The highest BCUT2D eigenvalue weighted by Gasteiger charge is 2.29. The van der Waals surface area contributed by atoms with Crippen molar-refractivity contribution in [2.24, 2.45) is 5.92 Å². The molecule has 1 N–H and O–H groups in total. The first-order chi connectivity index (χ1) is 9.83. The summed E-state index contributed by atoms with van der Waals surface area (Å²) < 4.78 is 10.4. The van der Waals surface area contributed by atoms with E-state index in [0.29, 0.717) is 32.1 Å². The topological polar surface area (TPSA) is 67.9 Å². The number of piperidine rings is 1. The van der Waals surface area contributed by atoms with Crippen molar-refractivity contribution in [3.8, 4) is 0 Å². The van der Waals surface area contributed by atoms with E-state index < -0.39 is 11.7 Å². The van der Waals surface area contributed by atoms with Gasteiger partial charge in [0.25, 0.3) is 0 Å². The van der Waals surface area contributed by atoms with Crippen LogP contribution < -0.4 is 5.32 Å². The average Bonchev–Trinajstić information content (AvgIpc) is 2.31. The van der Waals surface area contributed by atoms with Crippen LogP contribution in [0.5, 0.6) is 0 Å². The van der Waals surface area contributed by atoms with Gasteiger partial charge in [-0.2, -0.15) is 0 Å². The van der Waals surface area contributed by atoms with E-state index in [2.05, 4.69) is 5.32 Å². The predicted molar refractivity (Wildman–Crippen MR) is 77.9 cm³/mol. The van der Waals surface area contributed by atoms with Crippen LogP contribution in [0.15, 0.2) is 0 Å². The highest BCUT2D eigenvalue weighted by atomic mass is 16.6. The fourth-order valence-electron chi connectivity index (χ4n) is 2.57. The second-order valence-corrected chi connectivity index (χ2v) is 6.93. The molecule has 0 aromatic heterocycles. The molecule has 6 nitrogen and oxygen atoms in total. The molecular formula is C15H26N2O4. The maximum Gasteiger partial charge on any atom is 0.407 e. The minimum Gasteiger partial charge on any atom is -0.444 e. The number of amides is 2. The Morgan fingerprint density at radius 2 is 2.05 bits per heavy atom. The number of alkyl carbamates (subject to hydrolysis) is 1. The van der Waals surface area contributed by atoms with E-state index in [4.69, 9.17) is 9.47 Å². The Balaban J connectivity index is 1.77. The summed E-state index contributed by atoms with van der Waals surface area (Å²) >= 11 is 0. The van der Waals surface area contributed by atoms with Crippen LogP contribution in [0, 0.1) is 5.92 Å². The molecule has 1 atom stereocenters. The number of likely N-dealkylation sites (tertiary alicyclic amines) is 1. The summed E-state index contributed by atoms with van der Waals surface area (Å²) in [5.41, 5.74) is -0.502. The van der Waals surface area contributed by atoms with E-state index in [1.165, 1.54) is 0 Å². The predicted octanol–water partition coefficient (Wildman–Crippen LogP) is 1.54. The second-order valence-electron chi connectivity index (χ2n) is 6.93. The summed E-state index contributed by atoms with van der Waals surface area (Å²) in [6, 6.07) is -0.0183. The van der Waals surface area contributed by atoms with Gasteiger partial charge in [0.2, 0.25) is 5.91 Å². The molecular weight excluding hydrogens is 272 g/mol. The van der Waals surface area contributed by atoms with Crippen molar-refractivity contribution in [1.82, 2.24) is 10.2 Å². The number of nitrogens with one attached hydrogen (secondary N) is 1. The maximum absolute atomic E-state index is 12.2. The van der Waals surface area contributed by atoms with Gasteiger partial charge in [-0.1, -0.05) is 0 Å². The van der Waals surface area contributed by atoms with Gasteiger partial charge in [0.15, 0.2) is 0 Å². The van der Waals surface area contributed by atoms with E-state index >= 15 is 0 Å². The van der Waals surface area contributed by atoms with Crippen LogP contribution in [0.1, 0.15) is 40.0 Å². The lowest BCUT2D eigenvalue weighted by Crippen LogP contribution is -2.51. The standard InChI is InChI=1S/C15H26N2O4/c1-15(2,3)21-14(19)16-12-5-4-6-17(8-12)13(18)7-11-9-20-10-11/h11-12H,4-10H2,1-3H3,(H,16,19). The van der Waals surface area contributed by atoms with Crippen molar-refractivity contribution in [3.05, 3.63) is 0 Å². The normalized spacial score (nSPS) is 23.4. The van der Waals surface area contributed by atoms with Crippen LogP contribution in [0.2, 0.25) is 0 Å². The molecule has 0 saturated carbocycles. The van der Waals surface area contributed by atoms with Gasteiger partial charge in [0.05, 0.1) is 13.2 Å². The smallest absolute Gasteiger partial charge is 0.407 e. The Kier molecular flexibility index (Phi) is 5.08. The first-order valence-electron chi connectivity index (χ1n) is 7.68. The molecule has 1 unspecified atom stereocenters. The van der Waals surface area contributed by atoms with E-state index in [1.807, 2.05) is 25.7 Å². The van der Waals surface area contributed by atoms with Gasteiger partial charge >= 0.3 is 6.09 Å². The van der Waals surface area contributed by atoms with Crippen LogP contribution in [-0.2, 0) is 14.3 Å². The SMILES string of the molecule is CC(C)(C)OC(=O)NC1CCCN(C(=O)CC2COC2)C1. The maximum atomic E-state index is 12.2. The van der Waals surface area contributed by atoms with Crippen LogP contribution >= 0.6 is 0 Å². The summed E-state index contributed by atoms with van der Waals surface area (Å²) in [6.07, 6.45) is 1.94.